The predicted molar refractivity (Wildman–Crippen MR) is 66.6 cm³/mol. The average molecular weight is 269 g/mol. The molecule has 1 aliphatic carbocycles. The van der Waals surface area contributed by atoms with Gasteiger partial charge < -0.3 is 16.3 Å². The third-order valence-corrected chi connectivity index (χ3v) is 3.91. The van der Waals surface area contributed by atoms with Crippen LogP contribution in [0.3, 0.4) is 0 Å². The maximum absolute atomic E-state index is 12.0. The number of nitrogens with one attached hydrogen (secondary N) is 1. The van der Waals surface area contributed by atoms with E-state index in [-0.39, 0.29) is 11.7 Å². The number of amides is 1. The minimum atomic E-state index is -0.742. The number of aromatic nitrogens is 2. The van der Waals surface area contributed by atoms with Gasteiger partial charge in [-0.3, -0.25) is 4.79 Å². The first kappa shape index (κ1) is 12.7. The van der Waals surface area contributed by atoms with Crippen LogP contribution in [0.1, 0.15) is 41.8 Å². The van der Waals surface area contributed by atoms with E-state index in [1.54, 1.807) is 0 Å². The number of oxime groups is 1. The first-order chi connectivity index (χ1) is 8.68. The van der Waals surface area contributed by atoms with Crippen LogP contribution in [0, 0.1) is 0 Å². The van der Waals surface area contributed by atoms with Gasteiger partial charge in [-0.2, -0.15) is 0 Å². The Hall–Kier alpha value is -1.70. The molecule has 8 heteroatoms. The van der Waals surface area contributed by atoms with Crippen LogP contribution in [0.15, 0.2) is 11.4 Å². The minimum absolute atomic E-state index is 0.0630. The van der Waals surface area contributed by atoms with Crippen molar-refractivity contribution in [3.05, 3.63) is 11.1 Å². The van der Waals surface area contributed by atoms with Crippen molar-refractivity contribution >= 4 is 23.3 Å². The zero-order valence-electron chi connectivity index (χ0n) is 9.80. The Morgan fingerprint density at radius 2 is 2.22 bits per heavy atom. The van der Waals surface area contributed by atoms with Gasteiger partial charge in [-0.25, -0.2) is 0 Å². The SMILES string of the molecule is NC(=NO)C1(NC(=O)c2cnns2)CCCCC1. The molecular formula is C10H15N5O2S. The highest BCUT2D eigenvalue weighted by atomic mass is 32.1. The Kier molecular flexibility index (Phi) is 3.75. The van der Waals surface area contributed by atoms with Gasteiger partial charge in [0.15, 0.2) is 5.84 Å². The second kappa shape index (κ2) is 5.30. The van der Waals surface area contributed by atoms with E-state index in [1.807, 2.05) is 0 Å². The zero-order chi connectivity index (χ0) is 13.0. The Morgan fingerprint density at radius 3 is 2.78 bits per heavy atom. The molecule has 1 aliphatic rings. The number of nitrogens with two attached hydrogens (primary N) is 1. The summed E-state index contributed by atoms with van der Waals surface area (Å²) in [6.45, 7) is 0. The maximum Gasteiger partial charge on any atom is 0.265 e. The minimum Gasteiger partial charge on any atom is -0.409 e. The Bertz CT molecular complexity index is 439. The van der Waals surface area contributed by atoms with Gasteiger partial charge in [0.1, 0.15) is 10.4 Å². The lowest BCUT2D eigenvalue weighted by Gasteiger charge is -2.36. The van der Waals surface area contributed by atoms with Crippen LogP contribution in [-0.4, -0.2) is 32.1 Å². The van der Waals surface area contributed by atoms with E-state index in [1.165, 1.54) is 6.20 Å². The van der Waals surface area contributed by atoms with Gasteiger partial charge in [-0.15, -0.1) is 5.10 Å². The third kappa shape index (κ3) is 2.42. The van der Waals surface area contributed by atoms with Crippen molar-refractivity contribution in [1.29, 1.82) is 0 Å². The van der Waals surface area contributed by atoms with Gasteiger partial charge in [0.25, 0.3) is 5.91 Å². The smallest absolute Gasteiger partial charge is 0.265 e. The van der Waals surface area contributed by atoms with Gasteiger partial charge in [0.05, 0.1) is 6.20 Å². The van der Waals surface area contributed by atoms with Crippen LogP contribution in [0.25, 0.3) is 0 Å². The molecule has 7 nitrogen and oxygen atoms in total. The normalized spacial score (nSPS) is 19.4. The summed E-state index contributed by atoms with van der Waals surface area (Å²) in [6.07, 6.45) is 5.75. The van der Waals surface area contributed by atoms with E-state index < -0.39 is 5.54 Å². The lowest BCUT2D eigenvalue weighted by molar-refractivity contribution is 0.0909. The summed E-state index contributed by atoms with van der Waals surface area (Å²) in [5.41, 5.74) is 5.00. The van der Waals surface area contributed by atoms with Gasteiger partial charge >= 0.3 is 0 Å². The second-order valence-corrected chi connectivity index (χ2v) is 5.15. The van der Waals surface area contributed by atoms with E-state index in [0.717, 1.165) is 30.8 Å². The lowest BCUT2D eigenvalue weighted by Crippen LogP contribution is -2.58. The summed E-state index contributed by atoms with van der Waals surface area (Å²) >= 11 is 1.02. The number of rotatable bonds is 3. The molecule has 18 heavy (non-hydrogen) atoms. The summed E-state index contributed by atoms with van der Waals surface area (Å²) < 4.78 is 3.64. The highest BCUT2D eigenvalue weighted by Gasteiger charge is 2.38. The molecular weight excluding hydrogens is 254 g/mol. The van der Waals surface area contributed by atoms with Gasteiger partial charge in [-0.05, 0) is 24.4 Å². The fraction of sp³-hybridized carbons (Fsp3) is 0.600. The molecule has 0 aliphatic heterocycles. The Balaban J connectivity index is 2.18. The Labute approximate surface area is 108 Å². The first-order valence-electron chi connectivity index (χ1n) is 5.76. The number of amidine groups is 1. The molecule has 98 valence electrons. The number of carbonyl (C=O) groups excluding carboxylic acids is 1. The molecule has 4 N–H and O–H groups in total. The van der Waals surface area contributed by atoms with Crippen LogP contribution in [0.4, 0.5) is 0 Å². The molecule has 0 atom stereocenters. The summed E-state index contributed by atoms with van der Waals surface area (Å²) in [6, 6.07) is 0. The highest BCUT2D eigenvalue weighted by molar-refractivity contribution is 7.07. The van der Waals surface area contributed by atoms with Crippen molar-refractivity contribution in [3.63, 3.8) is 0 Å². The summed E-state index contributed by atoms with van der Waals surface area (Å²) in [7, 11) is 0. The van der Waals surface area contributed by atoms with Crippen molar-refractivity contribution in [1.82, 2.24) is 14.9 Å². The first-order valence-corrected chi connectivity index (χ1v) is 6.53. The van der Waals surface area contributed by atoms with E-state index in [4.69, 9.17) is 10.9 Å². The molecule has 1 aromatic rings. The van der Waals surface area contributed by atoms with Crippen LogP contribution in [0.5, 0.6) is 0 Å². The molecule has 1 fully saturated rings. The van der Waals surface area contributed by atoms with E-state index in [9.17, 15) is 4.79 Å². The molecule has 0 radical (unpaired) electrons. The fourth-order valence-corrected chi connectivity index (χ4v) is 2.65. The van der Waals surface area contributed by atoms with E-state index in [2.05, 4.69) is 20.1 Å². The van der Waals surface area contributed by atoms with Crippen LogP contribution < -0.4 is 11.1 Å². The number of hydrogen-bond acceptors (Lipinski definition) is 6. The average Bonchev–Trinajstić information content (AvgIpc) is 2.93. The van der Waals surface area contributed by atoms with E-state index in [0.29, 0.717) is 17.7 Å². The topological polar surface area (TPSA) is 113 Å². The molecule has 0 unspecified atom stereocenters. The van der Waals surface area contributed by atoms with Gasteiger partial charge in [0, 0.05) is 0 Å². The van der Waals surface area contributed by atoms with Gasteiger partial charge in [-0.1, -0.05) is 28.9 Å². The summed E-state index contributed by atoms with van der Waals surface area (Å²) in [5, 5.41) is 18.4. The van der Waals surface area contributed by atoms with Crippen molar-refractivity contribution in [2.45, 2.75) is 37.6 Å². The van der Waals surface area contributed by atoms with E-state index >= 15 is 0 Å². The van der Waals surface area contributed by atoms with Crippen LogP contribution in [0.2, 0.25) is 0 Å². The Morgan fingerprint density at radius 1 is 1.50 bits per heavy atom. The number of hydrogen-bond donors (Lipinski definition) is 3. The van der Waals surface area contributed by atoms with Crippen molar-refractivity contribution in [2.24, 2.45) is 10.9 Å². The molecule has 0 bridgehead atoms. The fourth-order valence-electron chi connectivity index (χ4n) is 2.24. The summed E-state index contributed by atoms with van der Waals surface area (Å²) in [4.78, 5) is 12.4. The highest BCUT2D eigenvalue weighted by Crippen LogP contribution is 2.29. The van der Waals surface area contributed by atoms with Crippen molar-refractivity contribution in [3.8, 4) is 0 Å². The maximum atomic E-state index is 12.0. The summed E-state index contributed by atoms with van der Waals surface area (Å²) in [5.74, 6) is -0.216. The molecule has 0 spiro atoms. The van der Waals surface area contributed by atoms with Crippen LogP contribution >= 0.6 is 11.5 Å². The monoisotopic (exact) mass is 269 g/mol. The van der Waals surface area contributed by atoms with Crippen molar-refractivity contribution < 1.29 is 10.0 Å². The van der Waals surface area contributed by atoms with Crippen molar-refractivity contribution in [2.75, 3.05) is 0 Å². The number of nitrogens with zero attached hydrogens (tertiary/aromatic N) is 3. The largest absolute Gasteiger partial charge is 0.409 e. The molecule has 0 saturated heterocycles. The molecule has 1 heterocycles. The molecule has 0 aromatic carbocycles. The molecule has 1 amide bonds. The van der Waals surface area contributed by atoms with Crippen LogP contribution in [-0.2, 0) is 0 Å². The molecule has 1 saturated carbocycles. The molecule has 2 rings (SSSR count). The quantitative estimate of drug-likeness (QED) is 0.324. The number of carbonyl (C=O) groups is 1. The predicted octanol–water partition coefficient (Wildman–Crippen LogP) is 0.717. The standard InChI is InChI=1S/C10H15N5O2S/c11-9(14-17)10(4-2-1-3-5-10)13-8(16)7-6-12-15-18-7/h6,17H,1-5H2,(H2,11,14)(H,13,16). The third-order valence-electron chi connectivity index (χ3n) is 3.24. The zero-order valence-corrected chi connectivity index (χ0v) is 10.6. The second-order valence-electron chi connectivity index (χ2n) is 4.36. The van der Waals surface area contributed by atoms with Gasteiger partial charge in [0.2, 0.25) is 0 Å². The molecule has 1 aromatic heterocycles. The lowest BCUT2D eigenvalue weighted by atomic mass is 9.80.